The average molecular weight is 526 g/mol. The van der Waals surface area contributed by atoms with Crippen molar-refractivity contribution in [1.82, 2.24) is 25.4 Å². The Kier molecular flexibility index (Phi) is 6.04. The van der Waals surface area contributed by atoms with Crippen molar-refractivity contribution >= 4 is 56.6 Å². The summed E-state index contributed by atoms with van der Waals surface area (Å²) < 4.78 is 0. The summed E-state index contributed by atoms with van der Waals surface area (Å²) in [5.41, 5.74) is 2.77. The summed E-state index contributed by atoms with van der Waals surface area (Å²) in [5, 5.41) is 14.9. The number of aromatic nitrogens is 3. The SMILES string of the molecule is C=CC(=O)N1CCCC(NC(=O)c2sc3nccc4c3c2NC(=O)N4c2cc(-c3ccccc3)cnn2)C1. The van der Waals surface area contributed by atoms with Crippen molar-refractivity contribution in [3.8, 4) is 11.1 Å². The maximum Gasteiger partial charge on any atom is 0.332 e. The summed E-state index contributed by atoms with van der Waals surface area (Å²) in [6.07, 6.45) is 6.09. The molecular weight excluding hydrogens is 502 g/mol. The molecule has 4 aromatic rings. The van der Waals surface area contributed by atoms with Gasteiger partial charge in [0.05, 0.1) is 23.0 Å². The highest BCUT2D eigenvalue weighted by Gasteiger charge is 2.34. The number of piperidine rings is 1. The van der Waals surface area contributed by atoms with Crippen LogP contribution in [0.2, 0.25) is 0 Å². The maximum absolute atomic E-state index is 13.4. The van der Waals surface area contributed by atoms with Gasteiger partial charge in [-0.3, -0.25) is 9.59 Å². The second-order valence-electron chi connectivity index (χ2n) is 9.05. The van der Waals surface area contributed by atoms with Crippen molar-refractivity contribution in [3.63, 3.8) is 0 Å². The largest absolute Gasteiger partial charge is 0.347 e. The maximum atomic E-state index is 13.4. The molecule has 1 saturated heterocycles. The fraction of sp³-hybridized carbons (Fsp3) is 0.185. The first kappa shape index (κ1) is 23.7. The number of amides is 4. The number of rotatable bonds is 5. The number of nitrogens with one attached hydrogen (secondary N) is 2. The number of pyridine rings is 1. The Balaban J connectivity index is 1.33. The van der Waals surface area contributed by atoms with Crippen LogP contribution in [0, 0.1) is 0 Å². The standard InChI is InChI=1S/C27H23N7O3S/c1-2-21(35)33-12-6-9-18(15-33)30-25(36)24-23-22-19(10-11-28-26(22)38-24)34(27(37)31-23)20-13-17(14-29-32-20)16-7-4-3-5-8-16/h2-5,7-8,10-11,13-14,18H,1,6,9,12,15H2,(H,30,36)(H,31,37). The van der Waals surface area contributed by atoms with Crippen LogP contribution in [-0.2, 0) is 4.79 Å². The molecule has 0 aliphatic carbocycles. The monoisotopic (exact) mass is 525 g/mol. The van der Waals surface area contributed by atoms with E-state index in [-0.39, 0.29) is 17.9 Å². The molecule has 0 spiro atoms. The third kappa shape index (κ3) is 4.16. The number of nitrogens with zero attached hydrogens (tertiary/aromatic N) is 5. The molecule has 38 heavy (non-hydrogen) atoms. The smallest absolute Gasteiger partial charge is 0.332 e. The van der Waals surface area contributed by atoms with Gasteiger partial charge in [0.15, 0.2) is 5.82 Å². The van der Waals surface area contributed by atoms with Gasteiger partial charge in [0.1, 0.15) is 9.71 Å². The second-order valence-corrected chi connectivity index (χ2v) is 10.1. The molecule has 11 heteroatoms. The zero-order valence-corrected chi connectivity index (χ0v) is 21.1. The van der Waals surface area contributed by atoms with E-state index in [1.165, 1.54) is 22.3 Å². The first-order valence-corrected chi connectivity index (χ1v) is 13.0. The molecule has 6 rings (SSSR count). The minimum absolute atomic E-state index is 0.151. The lowest BCUT2D eigenvalue weighted by molar-refractivity contribution is -0.127. The Hall–Kier alpha value is -4.64. The minimum Gasteiger partial charge on any atom is -0.347 e. The van der Waals surface area contributed by atoms with Crippen LogP contribution in [0.3, 0.4) is 0 Å². The quantitative estimate of drug-likeness (QED) is 0.374. The Morgan fingerprint density at radius 2 is 2.03 bits per heavy atom. The second kappa shape index (κ2) is 9.67. The lowest BCUT2D eigenvalue weighted by Crippen LogP contribution is -2.49. The first-order valence-electron chi connectivity index (χ1n) is 12.2. The van der Waals surface area contributed by atoms with Gasteiger partial charge in [-0.1, -0.05) is 36.9 Å². The summed E-state index contributed by atoms with van der Waals surface area (Å²) >= 11 is 1.21. The third-order valence-corrected chi connectivity index (χ3v) is 7.77. The topological polar surface area (TPSA) is 120 Å². The van der Waals surface area contributed by atoms with Gasteiger partial charge >= 0.3 is 6.03 Å². The molecule has 5 heterocycles. The highest BCUT2D eigenvalue weighted by atomic mass is 32.1. The highest BCUT2D eigenvalue weighted by Crippen LogP contribution is 2.45. The Labute approximate surface area is 222 Å². The van der Waals surface area contributed by atoms with Crippen molar-refractivity contribution in [2.24, 2.45) is 0 Å². The lowest BCUT2D eigenvalue weighted by atomic mass is 10.1. The van der Waals surface area contributed by atoms with Gasteiger partial charge in [0.2, 0.25) is 5.91 Å². The summed E-state index contributed by atoms with van der Waals surface area (Å²) in [6.45, 7) is 4.60. The number of carbonyl (C=O) groups is 3. The predicted octanol–water partition coefficient (Wildman–Crippen LogP) is 4.34. The molecule has 190 valence electrons. The normalized spacial score (nSPS) is 16.7. The summed E-state index contributed by atoms with van der Waals surface area (Å²) in [4.78, 5) is 47.4. The van der Waals surface area contributed by atoms with Crippen LogP contribution in [0.1, 0.15) is 22.5 Å². The van der Waals surface area contributed by atoms with Crippen LogP contribution in [0.5, 0.6) is 0 Å². The molecule has 3 aromatic heterocycles. The average Bonchev–Trinajstić information content (AvgIpc) is 3.33. The highest BCUT2D eigenvalue weighted by molar-refractivity contribution is 7.21. The zero-order chi connectivity index (χ0) is 26.2. The van der Waals surface area contributed by atoms with E-state index < -0.39 is 6.03 Å². The molecule has 1 atom stereocenters. The van der Waals surface area contributed by atoms with Crippen molar-refractivity contribution in [2.75, 3.05) is 23.3 Å². The number of carbonyl (C=O) groups excluding carboxylic acids is 3. The summed E-state index contributed by atoms with van der Waals surface area (Å²) in [7, 11) is 0. The van der Waals surface area contributed by atoms with E-state index in [2.05, 4.69) is 32.4 Å². The van der Waals surface area contributed by atoms with E-state index in [1.807, 2.05) is 30.3 Å². The molecule has 2 aliphatic heterocycles. The van der Waals surface area contributed by atoms with Crippen LogP contribution >= 0.6 is 11.3 Å². The van der Waals surface area contributed by atoms with Gasteiger partial charge in [-0.25, -0.2) is 14.7 Å². The molecule has 0 bridgehead atoms. The van der Waals surface area contributed by atoms with E-state index in [9.17, 15) is 14.4 Å². The van der Waals surface area contributed by atoms with Gasteiger partial charge in [-0.05, 0) is 36.6 Å². The van der Waals surface area contributed by atoms with E-state index >= 15 is 0 Å². The molecule has 10 nitrogen and oxygen atoms in total. The number of thiophene rings is 1. The van der Waals surface area contributed by atoms with E-state index in [1.54, 1.807) is 29.4 Å². The van der Waals surface area contributed by atoms with E-state index in [4.69, 9.17) is 0 Å². The molecule has 2 N–H and O–H groups in total. The van der Waals surface area contributed by atoms with Crippen molar-refractivity contribution in [2.45, 2.75) is 18.9 Å². The summed E-state index contributed by atoms with van der Waals surface area (Å²) in [5.74, 6) is -0.110. The molecule has 2 aliphatic rings. The fourth-order valence-electron chi connectivity index (χ4n) is 4.90. The van der Waals surface area contributed by atoms with Crippen molar-refractivity contribution in [3.05, 3.63) is 72.4 Å². The van der Waals surface area contributed by atoms with Gasteiger partial charge < -0.3 is 15.5 Å². The van der Waals surface area contributed by atoms with Gasteiger partial charge in [-0.15, -0.1) is 16.4 Å². The Bertz CT molecular complexity index is 1590. The number of hydrogen-bond acceptors (Lipinski definition) is 7. The molecule has 0 radical (unpaired) electrons. The number of likely N-dealkylation sites (tertiary alicyclic amines) is 1. The molecular formula is C27H23N7O3S. The van der Waals surface area contributed by atoms with Crippen LogP contribution in [0.15, 0.2) is 67.5 Å². The first-order chi connectivity index (χ1) is 18.5. The van der Waals surface area contributed by atoms with Crippen LogP contribution in [0.25, 0.3) is 21.3 Å². The number of benzene rings is 1. The lowest BCUT2D eigenvalue weighted by Gasteiger charge is -2.32. The Morgan fingerprint density at radius 3 is 2.84 bits per heavy atom. The zero-order valence-electron chi connectivity index (χ0n) is 20.3. The molecule has 1 unspecified atom stereocenters. The molecule has 1 aromatic carbocycles. The van der Waals surface area contributed by atoms with Crippen LogP contribution in [-0.4, -0.2) is 57.1 Å². The van der Waals surface area contributed by atoms with Crippen LogP contribution < -0.4 is 15.5 Å². The molecule has 4 amide bonds. The van der Waals surface area contributed by atoms with Gasteiger partial charge in [0, 0.05) is 30.9 Å². The fourth-order valence-corrected chi connectivity index (χ4v) is 5.92. The van der Waals surface area contributed by atoms with E-state index in [0.717, 1.165) is 24.0 Å². The summed E-state index contributed by atoms with van der Waals surface area (Å²) in [6, 6.07) is 12.6. The minimum atomic E-state index is -0.447. The third-order valence-electron chi connectivity index (χ3n) is 6.67. The van der Waals surface area contributed by atoms with Crippen molar-refractivity contribution < 1.29 is 14.4 Å². The molecule has 1 fully saturated rings. The molecule has 0 saturated carbocycles. The number of anilines is 3. The van der Waals surface area contributed by atoms with Gasteiger partial charge in [0.25, 0.3) is 5.91 Å². The van der Waals surface area contributed by atoms with Gasteiger partial charge in [-0.2, -0.15) is 5.10 Å². The Morgan fingerprint density at radius 1 is 1.18 bits per heavy atom. The van der Waals surface area contributed by atoms with E-state index in [0.29, 0.717) is 45.4 Å². The predicted molar refractivity (Wildman–Crippen MR) is 146 cm³/mol. The number of urea groups is 1. The van der Waals surface area contributed by atoms with Crippen LogP contribution in [0.4, 0.5) is 22.0 Å². The number of hydrogen-bond donors (Lipinski definition) is 2. The van der Waals surface area contributed by atoms with Crippen molar-refractivity contribution in [1.29, 1.82) is 0 Å².